The van der Waals surface area contributed by atoms with Gasteiger partial charge in [-0.25, -0.2) is 0 Å². The van der Waals surface area contributed by atoms with Crippen LogP contribution >= 0.6 is 0 Å². The summed E-state index contributed by atoms with van der Waals surface area (Å²) >= 11 is 0. The number of carbonyl (C=O) groups is 2. The molecular weight excluding hydrogens is 352 g/mol. The van der Waals surface area contributed by atoms with E-state index in [4.69, 9.17) is 0 Å². The molecule has 2 saturated carbocycles. The van der Waals surface area contributed by atoms with Gasteiger partial charge in [0.05, 0.1) is 18.2 Å². The highest BCUT2D eigenvalue weighted by Crippen LogP contribution is 2.55. The molecule has 1 N–H and O–H groups in total. The van der Waals surface area contributed by atoms with Crippen LogP contribution in [-0.4, -0.2) is 58.0 Å². The van der Waals surface area contributed by atoms with Gasteiger partial charge in [-0.05, 0) is 37.2 Å². The highest BCUT2D eigenvalue weighted by Gasteiger charge is 2.68. The third kappa shape index (κ3) is 2.78. The van der Waals surface area contributed by atoms with E-state index in [1.165, 1.54) is 5.56 Å². The van der Waals surface area contributed by atoms with Crippen LogP contribution in [0.15, 0.2) is 30.3 Å². The van der Waals surface area contributed by atoms with E-state index in [0.717, 1.165) is 38.5 Å². The van der Waals surface area contributed by atoms with Gasteiger partial charge < -0.3 is 14.9 Å². The van der Waals surface area contributed by atoms with E-state index in [-0.39, 0.29) is 41.8 Å². The van der Waals surface area contributed by atoms with Crippen LogP contribution in [0.4, 0.5) is 0 Å². The highest BCUT2D eigenvalue weighted by atomic mass is 16.3. The largest absolute Gasteiger partial charge is 0.394 e. The zero-order valence-electron chi connectivity index (χ0n) is 16.4. The highest BCUT2D eigenvalue weighted by molar-refractivity contribution is 5.84. The molecule has 2 heterocycles. The van der Waals surface area contributed by atoms with Crippen molar-refractivity contribution >= 4 is 11.8 Å². The minimum atomic E-state index is -0.324. The maximum Gasteiger partial charge on any atom is 0.225 e. The number of amides is 2. The number of rotatable bonds is 5. The first-order chi connectivity index (χ1) is 13.6. The lowest BCUT2D eigenvalue weighted by Crippen LogP contribution is -2.86. The zero-order valence-corrected chi connectivity index (χ0v) is 16.4. The summed E-state index contributed by atoms with van der Waals surface area (Å²) in [4.78, 5) is 29.9. The number of likely N-dealkylation sites (tertiary alicyclic amines) is 2. The summed E-state index contributed by atoms with van der Waals surface area (Å²) < 4.78 is 0. The molecule has 0 unspecified atom stereocenters. The molecule has 1 aromatic carbocycles. The summed E-state index contributed by atoms with van der Waals surface area (Å²) in [6.07, 6.45) is 7.20. The van der Waals surface area contributed by atoms with Gasteiger partial charge in [-0.3, -0.25) is 9.59 Å². The molecule has 0 bridgehead atoms. The summed E-state index contributed by atoms with van der Waals surface area (Å²) in [6.45, 7) is 1.22. The number of benzene rings is 1. The number of carbonyl (C=O) groups excluding carboxylic acids is 2. The SMILES string of the molecule is O=C(C1CCCC1)N1CC2(C1)[C@@H](c1ccccc1)[C@H](CO)N2C(=O)CC1CC1. The van der Waals surface area contributed by atoms with Crippen molar-refractivity contribution in [1.29, 1.82) is 0 Å². The van der Waals surface area contributed by atoms with Crippen LogP contribution in [0, 0.1) is 11.8 Å². The van der Waals surface area contributed by atoms with Gasteiger partial charge in [-0.1, -0.05) is 43.2 Å². The van der Waals surface area contributed by atoms with E-state index in [1.807, 2.05) is 28.0 Å². The van der Waals surface area contributed by atoms with Gasteiger partial charge in [0.1, 0.15) is 0 Å². The molecule has 2 aliphatic heterocycles. The monoisotopic (exact) mass is 382 g/mol. The summed E-state index contributed by atoms with van der Waals surface area (Å²) in [5, 5.41) is 10.1. The van der Waals surface area contributed by atoms with Crippen molar-refractivity contribution < 1.29 is 14.7 Å². The van der Waals surface area contributed by atoms with Crippen molar-refractivity contribution in [1.82, 2.24) is 9.80 Å². The molecule has 5 nitrogen and oxygen atoms in total. The number of aliphatic hydroxyl groups is 1. The first-order valence-electron chi connectivity index (χ1n) is 10.9. The smallest absolute Gasteiger partial charge is 0.225 e. The fourth-order valence-electron chi connectivity index (χ4n) is 5.94. The molecule has 2 amide bonds. The quantitative estimate of drug-likeness (QED) is 0.851. The Morgan fingerprint density at radius 2 is 1.71 bits per heavy atom. The molecule has 28 heavy (non-hydrogen) atoms. The van der Waals surface area contributed by atoms with Crippen LogP contribution in [0.5, 0.6) is 0 Å². The Hall–Kier alpha value is -1.88. The van der Waals surface area contributed by atoms with Crippen molar-refractivity contribution in [3.63, 3.8) is 0 Å². The summed E-state index contributed by atoms with van der Waals surface area (Å²) in [6, 6.07) is 10.1. The molecule has 0 aromatic heterocycles. The number of aliphatic hydroxyl groups excluding tert-OH is 1. The summed E-state index contributed by atoms with van der Waals surface area (Å²) in [5.74, 6) is 1.25. The molecule has 0 radical (unpaired) electrons. The van der Waals surface area contributed by atoms with Crippen LogP contribution in [0.3, 0.4) is 0 Å². The van der Waals surface area contributed by atoms with Crippen LogP contribution in [0.2, 0.25) is 0 Å². The van der Waals surface area contributed by atoms with Crippen LogP contribution in [0.25, 0.3) is 0 Å². The van der Waals surface area contributed by atoms with Crippen LogP contribution in [-0.2, 0) is 9.59 Å². The first-order valence-corrected chi connectivity index (χ1v) is 10.9. The van der Waals surface area contributed by atoms with Gasteiger partial charge in [0, 0.05) is 31.3 Å². The van der Waals surface area contributed by atoms with E-state index in [0.29, 0.717) is 25.4 Å². The lowest BCUT2D eigenvalue weighted by atomic mass is 9.60. The maximum atomic E-state index is 13.1. The van der Waals surface area contributed by atoms with E-state index in [9.17, 15) is 14.7 Å². The molecule has 2 aliphatic carbocycles. The second kappa shape index (κ2) is 6.87. The van der Waals surface area contributed by atoms with Gasteiger partial charge >= 0.3 is 0 Å². The van der Waals surface area contributed by atoms with Crippen LogP contribution < -0.4 is 0 Å². The number of nitrogens with zero attached hydrogens (tertiary/aromatic N) is 2. The Kier molecular flexibility index (Phi) is 4.46. The van der Waals surface area contributed by atoms with Gasteiger partial charge in [0.25, 0.3) is 0 Å². The van der Waals surface area contributed by atoms with Gasteiger partial charge in [-0.2, -0.15) is 0 Å². The van der Waals surface area contributed by atoms with Gasteiger partial charge in [0.2, 0.25) is 11.8 Å². The zero-order chi connectivity index (χ0) is 19.3. The second-order valence-electron chi connectivity index (χ2n) is 9.33. The molecule has 1 aromatic rings. The van der Waals surface area contributed by atoms with Crippen molar-refractivity contribution in [2.24, 2.45) is 11.8 Å². The molecule has 150 valence electrons. The summed E-state index contributed by atoms with van der Waals surface area (Å²) in [5.41, 5.74) is 0.847. The van der Waals surface area contributed by atoms with Gasteiger partial charge in [-0.15, -0.1) is 0 Å². The molecule has 5 rings (SSSR count). The fraction of sp³-hybridized carbons (Fsp3) is 0.652. The minimum absolute atomic E-state index is 0.0196. The van der Waals surface area contributed by atoms with Crippen molar-refractivity contribution in [3.05, 3.63) is 35.9 Å². The fourth-order valence-corrected chi connectivity index (χ4v) is 5.94. The Morgan fingerprint density at radius 3 is 2.32 bits per heavy atom. The molecular formula is C23H30N2O3. The van der Waals surface area contributed by atoms with E-state index >= 15 is 0 Å². The Morgan fingerprint density at radius 1 is 1.04 bits per heavy atom. The average Bonchev–Trinajstić information content (AvgIpc) is 3.29. The Labute approximate surface area is 166 Å². The van der Waals surface area contributed by atoms with E-state index < -0.39 is 0 Å². The van der Waals surface area contributed by atoms with E-state index in [2.05, 4.69) is 12.1 Å². The van der Waals surface area contributed by atoms with E-state index in [1.54, 1.807) is 0 Å². The van der Waals surface area contributed by atoms with Gasteiger partial charge in [0.15, 0.2) is 0 Å². The maximum absolute atomic E-state index is 13.1. The third-order valence-corrected chi connectivity index (χ3v) is 7.50. The predicted octanol–water partition coefficient (Wildman–Crippen LogP) is 2.54. The number of hydrogen-bond donors (Lipinski definition) is 1. The lowest BCUT2D eigenvalue weighted by molar-refractivity contribution is -0.204. The lowest BCUT2D eigenvalue weighted by Gasteiger charge is -2.70. The van der Waals surface area contributed by atoms with Crippen LogP contribution in [0.1, 0.15) is 56.4 Å². The third-order valence-electron chi connectivity index (χ3n) is 7.50. The summed E-state index contributed by atoms with van der Waals surface area (Å²) in [7, 11) is 0. The Bertz CT molecular complexity index is 748. The molecule has 1 spiro atoms. The molecule has 5 heteroatoms. The standard InChI is InChI=1S/C23H30N2O3/c26-13-19-21(17-6-2-1-3-7-17)23(25(19)20(27)12-16-10-11-16)14-24(15-23)22(28)18-8-4-5-9-18/h1-3,6-7,16,18-19,21,26H,4-5,8-15H2/t19-,21-/m0/s1. The Balaban J connectivity index is 1.39. The number of hydrogen-bond acceptors (Lipinski definition) is 3. The molecule has 2 saturated heterocycles. The molecule has 4 aliphatic rings. The molecule has 4 fully saturated rings. The second-order valence-corrected chi connectivity index (χ2v) is 9.33. The predicted molar refractivity (Wildman–Crippen MR) is 106 cm³/mol. The minimum Gasteiger partial charge on any atom is -0.394 e. The van der Waals surface area contributed by atoms with Crippen molar-refractivity contribution in [3.8, 4) is 0 Å². The first kappa shape index (κ1) is 18.2. The van der Waals surface area contributed by atoms with Crippen molar-refractivity contribution in [2.75, 3.05) is 19.7 Å². The normalized spacial score (nSPS) is 28.9. The van der Waals surface area contributed by atoms with Crippen molar-refractivity contribution in [2.45, 2.75) is 62.4 Å². The topological polar surface area (TPSA) is 60.9 Å². The average molecular weight is 383 g/mol. The molecule has 2 atom stereocenters.